The second-order valence-electron chi connectivity index (χ2n) is 14.4. The normalized spacial score (nSPS) is 22.9. The Morgan fingerprint density at radius 1 is 0.980 bits per heavy atom. The summed E-state index contributed by atoms with van der Waals surface area (Å²) in [6, 6.07) is 0.391. The first-order chi connectivity index (χ1) is 23.5. The number of Topliss-reactive ketones (excluding diaryl/α,β-unsaturated/α-hetero) is 2. The number of benzene rings is 1. The average molecular weight is 712 g/mol. The highest BCUT2D eigenvalue weighted by Gasteiger charge is 2.65. The summed E-state index contributed by atoms with van der Waals surface area (Å²) in [6.07, 6.45) is -0.0674. The maximum Gasteiger partial charge on any atom is 0.308 e. The van der Waals surface area contributed by atoms with Crippen molar-refractivity contribution in [3.05, 3.63) is 34.1 Å². The molecule has 0 bridgehead atoms. The first-order valence-corrected chi connectivity index (χ1v) is 16.3. The van der Waals surface area contributed by atoms with Gasteiger partial charge in [0.2, 0.25) is 23.4 Å². The van der Waals surface area contributed by atoms with Crippen LogP contribution in [-0.4, -0.2) is 108 Å². The molecule has 0 heterocycles. The van der Waals surface area contributed by atoms with Crippen LogP contribution in [-0.2, 0) is 44.7 Å². The molecule has 16 nitrogen and oxygen atoms in total. The van der Waals surface area contributed by atoms with Crippen molar-refractivity contribution in [2.24, 2.45) is 11.8 Å². The largest absolute Gasteiger partial charge is 0.507 e. The fourth-order valence-electron chi connectivity index (χ4n) is 7.01. The third kappa shape index (κ3) is 7.29. The van der Waals surface area contributed by atoms with E-state index in [0.29, 0.717) is 11.3 Å². The number of imide groups is 1. The van der Waals surface area contributed by atoms with Crippen LogP contribution < -0.4 is 25.6 Å². The number of likely N-dealkylation sites (N-methyl/N-ethyl adjacent to an activating group) is 1. The summed E-state index contributed by atoms with van der Waals surface area (Å²) >= 11 is 0. The van der Waals surface area contributed by atoms with Crippen molar-refractivity contribution < 1.29 is 53.2 Å². The number of hydrogen-bond donors (Lipinski definition) is 5. The van der Waals surface area contributed by atoms with Crippen molar-refractivity contribution in [1.82, 2.24) is 15.5 Å². The van der Waals surface area contributed by atoms with Gasteiger partial charge in [-0.1, -0.05) is 0 Å². The number of carbonyl (C=O) groups excluding carboxylic acids is 7. The number of hydrogen-bond acceptors (Lipinski definition) is 14. The van der Waals surface area contributed by atoms with E-state index in [1.54, 1.807) is 25.1 Å². The fourth-order valence-corrected chi connectivity index (χ4v) is 7.01. The molecule has 5 N–H and O–H groups in total. The second-order valence-corrected chi connectivity index (χ2v) is 14.4. The summed E-state index contributed by atoms with van der Waals surface area (Å²) in [6.45, 7) is 8.69. The third-order valence-electron chi connectivity index (χ3n) is 8.96. The molecule has 276 valence electrons. The first kappa shape index (κ1) is 38.9. The molecule has 0 unspecified atom stereocenters. The van der Waals surface area contributed by atoms with Crippen molar-refractivity contribution in [2.45, 2.75) is 71.6 Å². The van der Waals surface area contributed by atoms with E-state index in [0.717, 1.165) is 20.8 Å². The molecule has 4 atom stereocenters. The summed E-state index contributed by atoms with van der Waals surface area (Å²) in [5.74, 6) is -10.5. The van der Waals surface area contributed by atoms with Gasteiger partial charge in [0.05, 0.1) is 23.8 Å². The molecule has 1 aromatic carbocycles. The lowest BCUT2D eigenvalue weighted by atomic mass is 9.57. The van der Waals surface area contributed by atoms with Gasteiger partial charge in [0.15, 0.2) is 11.4 Å². The Morgan fingerprint density at radius 2 is 1.59 bits per heavy atom. The highest BCUT2D eigenvalue weighted by molar-refractivity contribution is 6.34. The fraction of sp³-hybridized carbons (Fsp3) is 0.514. The summed E-state index contributed by atoms with van der Waals surface area (Å²) in [7, 11) is 6.52. The Morgan fingerprint density at radius 3 is 2.10 bits per heavy atom. The molecule has 0 radical (unpaired) electrons. The van der Waals surface area contributed by atoms with Crippen LogP contribution in [0.3, 0.4) is 0 Å². The van der Waals surface area contributed by atoms with Crippen LogP contribution >= 0.6 is 0 Å². The van der Waals surface area contributed by atoms with Gasteiger partial charge in [-0.15, -0.1) is 0 Å². The molecule has 4 rings (SSSR count). The van der Waals surface area contributed by atoms with Gasteiger partial charge in [-0.25, -0.2) is 0 Å². The number of ketones is 2. The number of aliphatic hydroxyl groups excluding tert-OH is 1. The Balaban J connectivity index is 1.98. The van der Waals surface area contributed by atoms with Gasteiger partial charge in [-0.3, -0.25) is 43.8 Å². The Labute approximate surface area is 295 Å². The topological polar surface area (TPSA) is 221 Å². The minimum atomic E-state index is -2.96. The van der Waals surface area contributed by atoms with Gasteiger partial charge in [0.1, 0.15) is 17.1 Å². The van der Waals surface area contributed by atoms with Gasteiger partial charge < -0.3 is 35.2 Å². The first-order valence-electron chi connectivity index (χ1n) is 16.3. The molecule has 0 spiro atoms. The van der Waals surface area contributed by atoms with Gasteiger partial charge >= 0.3 is 11.9 Å². The molecule has 51 heavy (non-hydrogen) atoms. The molecular weight excluding hydrogens is 666 g/mol. The lowest BCUT2D eigenvalue weighted by molar-refractivity contribution is -0.163. The zero-order chi connectivity index (χ0) is 38.5. The van der Waals surface area contributed by atoms with E-state index >= 15 is 0 Å². The predicted molar refractivity (Wildman–Crippen MR) is 183 cm³/mol. The van der Waals surface area contributed by atoms with Crippen LogP contribution in [0.2, 0.25) is 0 Å². The van der Waals surface area contributed by atoms with E-state index in [9.17, 15) is 43.8 Å². The quantitative estimate of drug-likeness (QED) is 0.109. The maximum absolute atomic E-state index is 14.6. The molecular formula is C35H45N5O11. The lowest BCUT2D eigenvalue weighted by Crippen LogP contribution is -2.67. The average Bonchev–Trinajstić information content (AvgIpc) is 2.97. The van der Waals surface area contributed by atoms with Gasteiger partial charge in [-0.05, 0) is 65.3 Å². The number of ether oxygens (including phenoxy) is 2. The van der Waals surface area contributed by atoms with Gasteiger partial charge in [0.25, 0.3) is 5.91 Å². The number of rotatable bonds is 8. The molecule has 1 aromatic rings. The molecule has 3 amide bonds. The Hall–Kier alpha value is -4.93. The second kappa shape index (κ2) is 14.0. The summed E-state index contributed by atoms with van der Waals surface area (Å²) in [5.41, 5.74) is -3.75. The van der Waals surface area contributed by atoms with Crippen LogP contribution in [0.15, 0.2) is 23.0 Å². The number of esters is 2. The third-order valence-corrected chi connectivity index (χ3v) is 8.96. The van der Waals surface area contributed by atoms with Crippen LogP contribution in [0, 0.1) is 11.8 Å². The molecule has 0 aliphatic heterocycles. The summed E-state index contributed by atoms with van der Waals surface area (Å²) in [5, 5.41) is 32.0. The zero-order valence-corrected chi connectivity index (χ0v) is 30.4. The molecule has 1 fully saturated rings. The maximum atomic E-state index is 14.6. The molecule has 0 saturated heterocycles. The van der Waals surface area contributed by atoms with Crippen LogP contribution in [0.4, 0.5) is 11.4 Å². The smallest absolute Gasteiger partial charge is 0.308 e. The highest BCUT2D eigenvalue weighted by atomic mass is 16.5. The number of carbonyl (C=O) groups is 7. The Kier molecular flexibility index (Phi) is 10.7. The number of nitrogens with zero attached hydrogens (tertiary/aromatic N) is 2. The minimum absolute atomic E-state index is 0.0115. The molecule has 16 heteroatoms. The van der Waals surface area contributed by atoms with Crippen molar-refractivity contribution >= 4 is 58.4 Å². The highest BCUT2D eigenvalue weighted by Crippen LogP contribution is 2.54. The number of nitrogens with one attached hydrogen (secondary N) is 3. The minimum Gasteiger partial charge on any atom is -0.507 e. The standard InChI is InChI=1S/C35H45N5O11/c1-15(41)37-33(48)26-30(51-17(3)43)27(40(9)10)20-12-18-11-19-22(39(7)8)13-21(38-23(44)14-36-34(4,5)6)29(50-16(2)42)25(19)28(45)24(18)31(46)35(20,49)32(26)47/h13,18,20,27,36,45,49H,11-12,14H2,1-10H3,(H,38,44)(H,37,41,48)/t18-,20-,27-,35-/m0/s1. The zero-order valence-electron chi connectivity index (χ0n) is 30.4. The van der Waals surface area contributed by atoms with E-state index in [1.807, 2.05) is 26.1 Å². The van der Waals surface area contributed by atoms with Crippen molar-refractivity contribution in [2.75, 3.05) is 45.0 Å². The van der Waals surface area contributed by atoms with Crippen molar-refractivity contribution in [3.8, 4) is 5.75 Å². The predicted octanol–water partition coefficient (Wildman–Crippen LogP) is 0.759. The number of aliphatic hydroxyl groups is 2. The van der Waals surface area contributed by atoms with Gasteiger partial charge in [0, 0.05) is 57.6 Å². The molecule has 3 aliphatic carbocycles. The summed E-state index contributed by atoms with van der Waals surface area (Å²) in [4.78, 5) is 94.9. The number of amides is 3. The van der Waals surface area contributed by atoms with Crippen LogP contribution in [0.5, 0.6) is 5.75 Å². The van der Waals surface area contributed by atoms with Crippen molar-refractivity contribution in [3.63, 3.8) is 0 Å². The number of fused-ring (bicyclic) bond motifs is 3. The number of anilines is 2. The molecule has 0 aromatic heterocycles. The SMILES string of the molecule is CC(=O)NC(=O)C1=C(OC(C)=O)[C@@H](N(C)C)[C@@H]2C[C@@H]3Cc4c(N(C)C)cc(NC(=O)CNC(C)(C)C)c(OC(C)=O)c4C(O)=C3C(=O)[C@]2(O)C1=O. The van der Waals surface area contributed by atoms with E-state index in [2.05, 4.69) is 10.6 Å². The van der Waals surface area contributed by atoms with E-state index in [4.69, 9.17) is 9.47 Å². The Bertz CT molecular complexity index is 1800. The summed E-state index contributed by atoms with van der Waals surface area (Å²) < 4.78 is 11.0. The van der Waals surface area contributed by atoms with E-state index in [-0.39, 0.29) is 42.0 Å². The monoisotopic (exact) mass is 711 g/mol. The molecule has 3 aliphatic rings. The molecule has 1 saturated carbocycles. The van der Waals surface area contributed by atoms with E-state index in [1.165, 1.54) is 19.0 Å². The van der Waals surface area contributed by atoms with Crippen LogP contribution in [0.25, 0.3) is 5.76 Å². The lowest BCUT2D eigenvalue weighted by Gasteiger charge is -2.50. The van der Waals surface area contributed by atoms with Gasteiger partial charge in [-0.2, -0.15) is 0 Å². The van der Waals surface area contributed by atoms with E-state index < -0.39 is 87.3 Å². The van der Waals surface area contributed by atoms with Crippen molar-refractivity contribution in [1.29, 1.82) is 0 Å². The van der Waals surface area contributed by atoms with Crippen LogP contribution in [0.1, 0.15) is 59.1 Å².